The number of thiophene rings is 1. The molecule has 0 saturated heterocycles. The molecule has 0 amide bonds. The van der Waals surface area contributed by atoms with Crippen LogP contribution in [0.4, 0.5) is 0 Å². The monoisotopic (exact) mass is 308 g/mol. The van der Waals surface area contributed by atoms with E-state index in [4.69, 9.17) is 20.1 Å². The Morgan fingerprint density at radius 3 is 2.10 bits per heavy atom. The lowest BCUT2D eigenvalue weighted by atomic mass is 10.0. The van der Waals surface area contributed by atoms with Crippen LogP contribution in [0.25, 0.3) is 0 Å². The third-order valence-corrected chi connectivity index (χ3v) is 4.43. The summed E-state index contributed by atoms with van der Waals surface area (Å²) in [5.74, 6) is 7.56. The molecule has 0 aliphatic rings. The van der Waals surface area contributed by atoms with Gasteiger partial charge in [0.25, 0.3) is 0 Å². The molecular weight excluding hydrogens is 288 g/mol. The second-order valence-corrected chi connectivity index (χ2v) is 5.47. The fourth-order valence-electron chi connectivity index (χ4n) is 2.27. The Kier molecular flexibility index (Phi) is 5.06. The number of nitrogens with one attached hydrogen (secondary N) is 1. The molecule has 6 heteroatoms. The zero-order valence-electron chi connectivity index (χ0n) is 12.6. The molecule has 21 heavy (non-hydrogen) atoms. The van der Waals surface area contributed by atoms with Crippen LogP contribution in [0.2, 0.25) is 0 Å². The molecule has 1 aromatic carbocycles. The lowest BCUT2D eigenvalue weighted by molar-refractivity contribution is 0.323. The van der Waals surface area contributed by atoms with Crippen LogP contribution in [0.15, 0.2) is 23.6 Å². The van der Waals surface area contributed by atoms with E-state index in [2.05, 4.69) is 18.4 Å². The quantitative estimate of drug-likeness (QED) is 0.634. The molecule has 0 fully saturated rings. The van der Waals surface area contributed by atoms with Gasteiger partial charge >= 0.3 is 0 Å². The fraction of sp³-hybridized carbons (Fsp3) is 0.333. The van der Waals surface area contributed by atoms with Gasteiger partial charge in [0.05, 0.1) is 27.4 Å². The van der Waals surface area contributed by atoms with Gasteiger partial charge in [0.1, 0.15) is 0 Å². The van der Waals surface area contributed by atoms with Gasteiger partial charge in [0.15, 0.2) is 11.5 Å². The molecule has 0 saturated carbocycles. The second kappa shape index (κ2) is 6.80. The zero-order chi connectivity index (χ0) is 15.4. The summed E-state index contributed by atoms with van der Waals surface area (Å²) in [5.41, 5.74) is 5.01. The average Bonchev–Trinajstić information content (AvgIpc) is 2.93. The van der Waals surface area contributed by atoms with E-state index in [1.165, 1.54) is 5.56 Å². The highest BCUT2D eigenvalue weighted by molar-refractivity contribution is 7.10. The molecule has 3 N–H and O–H groups in total. The normalized spacial score (nSPS) is 12.0. The summed E-state index contributed by atoms with van der Waals surface area (Å²) >= 11 is 1.66. The van der Waals surface area contributed by atoms with Crippen molar-refractivity contribution in [2.24, 2.45) is 5.84 Å². The van der Waals surface area contributed by atoms with Crippen LogP contribution in [0.1, 0.15) is 22.0 Å². The Morgan fingerprint density at radius 2 is 1.71 bits per heavy atom. The van der Waals surface area contributed by atoms with Crippen LogP contribution in [-0.4, -0.2) is 21.3 Å². The number of methoxy groups -OCH3 is 3. The summed E-state index contributed by atoms with van der Waals surface area (Å²) in [4.78, 5) is 1.16. The van der Waals surface area contributed by atoms with Gasteiger partial charge in [-0.1, -0.05) is 0 Å². The first-order chi connectivity index (χ1) is 10.2. The first-order valence-electron chi connectivity index (χ1n) is 6.46. The van der Waals surface area contributed by atoms with E-state index in [0.717, 1.165) is 10.4 Å². The van der Waals surface area contributed by atoms with Gasteiger partial charge < -0.3 is 14.2 Å². The van der Waals surface area contributed by atoms with E-state index in [1.807, 2.05) is 17.5 Å². The van der Waals surface area contributed by atoms with Crippen molar-refractivity contribution in [2.75, 3.05) is 21.3 Å². The summed E-state index contributed by atoms with van der Waals surface area (Å²) in [6, 6.07) is 5.76. The molecule has 0 aliphatic heterocycles. The Balaban J connectivity index is 2.54. The maximum atomic E-state index is 5.76. The SMILES string of the molecule is COc1cc(C(NN)c2sccc2C)cc(OC)c1OC. The molecule has 2 rings (SSSR count). The summed E-state index contributed by atoms with van der Waals surface area (Å²) < 4.78 is 16.1. The minimum Gasteiger partial charge on any atom is -0.493 e. The van der Waals surface area contributed by atoms with Crippen LogP contribution in [0.3, 0.4) is 0 Å². The number of aryl methyl sites for hydroxylation is 1. The third-order valence-electron chi connectivity index (χ3n) is 3.35. The van der Waals surface area contributed by atoms with Gasteiger partial charge in [-0.3, -0.25) is 5.84 Å². The van der Waals surface area contributed by atoms with E-state index >= 15 is 0 Å². The number of ether oxygens (including phenoxy) is 3. The van der Waals surface area contributed by atoms with Crippen LogP contribution in [-0.2, 0) is 0 Å². The summed E-state index contributed by atoms with van der Waals surface area (Å²) in [6.07, 6.45) is 0. The van der Waals surface area contributed by atoms with Crippen molar-refractivity contribution in [3.05, 3.63) is 39.6 Å². The van der Waals surface area contributed by atoms with Crippen molar-refractivity contribution in [3.8, 4) is 17.2 Å². The van der Waals surface area contributed by atoms with Crippen LogP contribution in [0, 0.1) is 6.92 Å². The molecule has 0 bridgehead atoms. The number of hydrogen-bond donors (Lipinski definition) is 2. The number of benzene rings is 1. The van der Waals surface area contributed by atoms with Crippen molar-refractivity contribution in [2.45, 2.75) is 13.0 Å². The molecule has 1 aromatic heterocycles. The van der Waals surface area contributed by atoms with Crippen molar-refractivity contribution >= 4 is 11.3 Å². The predicted octanol–water partition coefficient (Wildman–Crippen LogP) is 2.64. The van der Waals surface area contributed by atoms with Gasteiger partial charge in [-0.15, -0.1) is 11.3 Å². The van der Waals surface area contributed by atoms with E-state index in [-0.39, 0.29) is 6.04 Å². The number of nitrogens with two attached hydrogens (primary N) is 1. The molecule has 114 valence electrons. The minimum atomic E-state index is -0.126. The Bertz CT molecular complexity index is 588. The van der Waals surface area contributed by atoms with Crippen molar-refractivity contribution in [1.29, 1.82) is 0 Å². The minimum absolute atomic E-state index is 0.126. The predicted molar refractivity (Wildman–Crippen MR) is 84.3 cm³/mol. The van der Waals surface area contributed by atoms with Gasteiger partial charge in [-0.25, -0.2) is 5.43 Å². The molecule has 0 radical (unpaired) electrons. The van der Waals surface area contributed by atoms with Crippen LogP contribution in [0.5, 0.6) is 17.2 Å². The van der Waals surface area contributed by atoms with Gasteiger partial charge in [0, 0.05) is 4.88 Å². The summed E-state index contributed by atoms with van der Waals surface area (Å²) in [7, 11) is 4.78. The van der Waals surface area contributed by atoms with E-state index < -0.39 is 0 Å². The maximum Gasteiger partial charge on any atom is 0.203 e. The lowest BCUT2D eigenvalue weighted by Gasteiger charge is -2.20. The maximum absolute atomic E-state index is 5.76. The first kappa shape index (κ1) is 15.6. The second-order valence-electron chi connectivity index (χ2n) is 4.53. The van der Waals surface area contributed by atoms with Crippen LogP contribution < -0.4 is 25.5 Å². The lowest BCUT2D eigenvalue weighted by Crippen LogP contribution is -2.28. The highest BCUT2D eigenvalue weighted by Gasteiger charge is 2.21. The number of rotatable bonds is 6. The van der Waals surface area contributed by atoms with E-state index in [1.54, 1.807) is 32.7 Å². The number of hydrogen-bond acceptors (Lipinski definition) is 6. The van der Waals surface area contributed by atoms with Crippen molar-refractivity contribution in [3.63, 3.8) is 0 Å². The van der Waals surface area contributed by atoms with E-state index in [9.17, 15) is 0 Å². The Labute approximate surface area is 128 Å². The Morgan fingerprint density at radius 1 is 1.10 bits per heavy atom. The standard InChI is InChI=1S/C15H20N2O3S/c1-9-5-6-21-15(9)13(17-16)10-7-11(18-2)14(20-4)12(8-10)19-3/h5-8,13,17H,16H2,1-4H3. The summed E-state index contributed by atoms with van der Waals surface area (Å²) in [6.45, 7) is 2.06. The molecule has 0 aliphatic carbocycles. The smallest absolute Gasteiger partial charge is 0.203 e. The highest BCUT2D eigenvalue weighted by Crippen LogP contribution is 2.41. The zero-order valence-corrected chi connectivity index (χ0v) is 13.4. The van der Waals surface area contributed by atoms with Crippen molar-refractivity contribution < 1.29 is 14.2 Å². The van der Waals surface area contributed by atoms with Gasteiger partial charge in [-0.2, -0.15) is 0 Å². The van der Waals surface area contributed by atoms with Gasteiger partial charge in [-0.05, 0) is 41.6 Å². The first-order valence-corrected chi connectivity index (χ1v) is 7.34. The third kappa shape index (κ3) is 2.97. The fourth-order valence-corrected chi connectivity index (χ4v) is 3.28. The topological polar surface area (TPSA) is 65.7 Å². The average molecular weight is 308 g/mol. The van der Waals surface area contributed by atoms with Gasteiger partial charge in [0.2, 0.25) is 5.75 Å². The van der Waals surface area contributed by atoms with E-state index in [0.29, 0.717) is 17.2 Å². The number of hydrazine groups is 1. The molecule has 2 aromatic rings. The molecule has 0 spiro atoms. The molecule has 1 atom stereocenters. The largest absolute Gasteiger partial charge is 0.493 e. The molecule has 1 heterocycles. The van der Waals surface area contributed by atoms with Crippen molar-refractivity contribution in [1.82, 2.24) is 5.43 Å². The Hall–Kier alpha value is -1.76. The summed E-state index contributed by atoms with van der Waals surface area (Å²) in [5, 5.41) is 2.05. The molecule has 5 nitrogen and oxygen atoms in total. The molecular formula is C15H20N2O3S. The highest BCUT2D eigenvalue weighted by atomic mass is 32.1. The molecule has 1 unspecified atom stereocenters. The van der Waals surface area contributed by atoms with Crippen LogP contribution >= 0.6 is 11.3 Å².